The Morgan fingerprint density at radius 2 is 1.26 bits per heavy atom. The molecule has 0 aliphatic rings. The van der Waals surface area contributed by atoms with Crippen LogP contribution in [0.1, 0.15) is 41.2 Å². The summed E-state index contributed by atoms with van der Waals surface area (Å²) in [4.78, 5) is 0. The molecule has 4 aromatic carbocycles. The topological polar surface area (TPSA) is 9.23 Å². The highest BCUT2D eigenvalue weighted by Gasteiger charge is 2.12. The van der Waals surface area contributed by atoms with Crippen LogP contribution < -0.4 is 4.74 Å². The highest BCUT2D eigenvalue weighted by molar-refractivity contribution is 5.84. The van der Waals surface area contributed by atoms with Crippen LogP contribution in [-0.4, -0.2) is 6.61 Å². The van der Waals surface area contributed by atoms with Gasteiger partial charge in [0.05, 0.1) is 0 Å². The molecule has 0 bridgehead atoms. The number of hydrogen-bond acceptors (Lipinski definition) is 1. The summed E-state index contributed by atoms with van der Waals surface area (Å²) >= 11 is 0. The summed E-state index contributed by atoms with van der Waals surface area (Å²) < 4.78 is 57.8. The molecule has 0 heterocycles. The van der Waals surface area contributed by atoms with Gasteiger partial charge < -0.3 is 4.74 Å². The van der Waals surface area contributed by atoms with E-state index in [0.29, 0.717) is 29.4 Å². The van der Waals surface area contributed by atoms with Gasteiger partial charge in [-0.15, -0.1) is 0 Å². The summed E-state index contributed by atoms with van der Waals surface area (Å²) in [5.74, 6) is -1.63. The highest BCUT2D eigenvalue weighted by Crippen LogP contribution is 2.26. The predicted molar refractivity (Wildman–Crippen MR) is 132 cm³/mol. The van der Waals surface area contributed by atoms with Crippen LogP contribution in [0.2, 0.25) is 0 Å². The molecule has 0 saturated heterocycles. The lowest BCUT2D eigenvalue weighted by Gasteiger charge is -2.10. The van der Waals surface area contributed by atoms with E-state index >= 15 is 4.39 Å². The second-order valence-electron chi connectivity index (χ2n) is 8.80. The van der Waals surface area contributed by atoms with E-state index in [2.05, 4.69) is 35.9 Å². The predicted octanol–water partition coefficient (Wildman–Crippen LogP) is 8.24. The number of halogens is 4. The quantitative estimate of drug-likeness (QED) is 0.208. The Kier molecular flexibility index (Phi) is 8.06. The van der Waals surface area contributed by atoms with Crippen LogP contribution in [0.15, 0.2) is 72.8 Å². The van der Waals surface area contributed by atoms with Gasteiger partial charge in [-0.3, -0.25) is 0 Å². The summed E-state index contributed by atoms with van der Waals surface area (Å²) in [6.07, 6.45) is 4.78. The molecule has 35 heavy (non-hydrogen) atoms. The van der Waals surface area contributed by atoms with E-state index < -0.39 is 18.2 Å². The maximum Gasteiger partial charge on any atom is 0.387 e. The Hall–Kier alpha value is -3.34. The van der Waals surface area contributed by atoms with Crippen molar-refractivity contribution in [3.8, 4) is 5.75 Å². The molecule has 0 unspecified atom stereocenters. The first-order valence-electron chi connectivity index (χ1n) is 11.9. The zero-order valence-electron chi connectivity index (χ0n) is 19.7. The van der Waals surface area contributed by atoms with Gasteiger partial charge in [-0.05, 0) is 77.4 Å². The van der Waals surface area contributed by atoms with E-state index in [9.17, 15) is 13.2 Å². The lowest BCUT2D eigenvalue weighted by atomic mass is 9.97. The highest BCUT2D eigenvalue weighted by atomic mass is 19.3. The van der Waals surface area contributed by atoms with Gasteiger partial charge in [0.15, 0.2) is 11.6 Å². The van der Waals surface area contributed by atoms with Crippen molar-refractivity contribution in [3.63, 3.8) is 0 Å². The van der Waals surface area contributed by atoms with Crippen molar-refractivity contribution in [2.75, 3.05) is 0 Å². The minimum absolute atomic E-state index is 0.279. The molecule has 0 aromatic heterocycles. The van der Waals surface area contributed by atoms with Crippen LogP contribution in [0.25, 0.3) is 10.8 Å². The molecule has 0 amide bonds. The fourth-order valence-corrected chi connectivity index (χ4v) is 4.36. The molecule has 182 valence electrons. The molecule has 0 atom stereocenters. The average Bonchev–Trinajstić information content (AvgIpc) is 2.85. The number of aryl methyl sites for hydroxylation is 5. The molecule has 4 aromatic rings. The Balaban J connectivity index is 1.41. The number of rotatable bonds is 10. The number of benzene rings is 4. The van der Waals surface area contributed by atoms with Gasteiger partial charge >= 0.3 is 6.61 Å². The van der Waals surface area contributed by atoms with E-state index in [-0.39, 0.29) is 5.82 Å². The molecule has 0 aliphatic carbocycles. The van der Waals surface area contributed by atoms with E-state index in [1.165, 1.54) is 23.3 Å². The molecule has 4 rings (SSSR count). The first kappa shape index (κ1) is 24.8. The minimum atomic E-state index is -3.08. The first-order valence-corrected chi connectivity index (χ1v) is 11.9. The van der Waals surface area contributed by atoms with Crippen molar-refractivity contribution >= 4 is 10.8 Å². The van der Waals surface area contributed by atoms with Gasteiger partial charge in [-0.25, -0.2) is 8.78 Å². The van der Waals surface area contributed by atoms with Crippen LogP contribution >= 0.6 is 0 Å². The SMILES string of the molecule is CCCc1ccc(CCc2ccc3c(F)c(CCc4ccc(OC(F)F)c(F)c4)ccc3c2)cc1. The van der Waals surface area contributed by atoms with Crippen molar-refractivity contribution in [1.29, 1.82) is 0 Å². The van der Waals surface area contributed by atoms with E-state index in [1.807, 2.05) is 24.3 Å². The van der Waals surface area contributed by atoms with Gasteiger partial charge in [-0.2, -0.15) is 8.78 Å². The molecule has 5 heteroatoms. The second kappa shape index (κ2) is 11.4. The summed E-state index contributed by atoms with van der Waals surface area (Å²) in [5.41, 5.74) is 4.92. The van der Waals surface area contributed by atoms with Gasteiger partial charge in [0.1, 0.15) is 5.82 Å². The molecule has 0 N–H and O–H groups in total. The summed E-state index contributed by atoms with van der Waals surface area (Å²) in [6.45, 7) is -0.907. The molecule has 0 saturated carbocycles. The number of fused-ring (bicyclic) bond motifs is 1. The maximum absolute atomic E-state index is 15.2. The van der Waals surface area contributed by atoms with Crippen LogP contribution in [0.3, 0.4) is 0 Å². The van der Waals surface area contributed by atoms with Crippen molar-refractivity contribution in [1.82, 2.24) is 0 Å². The van der Waals surface area contributed by atoms with Crippen molar-refractivity contribution in [3.05, 3.63) is 112 Å². The zero-order valence-corrected chi connectivity index (χ0v) is 19.7. The Bertz CT molecular complexity index is 1280. The molecular formula is C30H28F4O. The number of hydrogen-bond donors (Lipinski definition) is 0. The fraction of sp³-hybridized carbons (Fsp3) is 0.267. The van der Waals surface area contributed by atoms with Crippen molar-refractivity contribution in [2.24, 2.45) is 0 Å². The van der Waals surface area contributed by atoms with Gasteiger partial charge in [0.25, 0.3) is 0 Å². The lowest BCUT2D eigenvalue weighted by molar-refractivity contribution is -0.0522. The van der Waals surface area contributed by atoms with E-state index in [0.717, 1.165) is 42.7 Å². The third-order valence-corrected chi connectivity index (χ3v) is 6.26. The molecule has 0 aliphatic heterocycles. The Labute approximate surface area is 203 Å². The molecule has 0 radical (unpaired) electrons. The minimum Gasteiger partial charge on any atom is -0.432 e. The fourth-order valence-electron chi connectivity index (χ4n) is 4.36. The molecular weight excluding hydrogens is 452 g/mol. The van der Waals surface area contributed by atoms with Crippen LogP contribution in [0, 0.1) is 11.6 Å². The van der Waals surface area contributed by atoms with Crippen molar-refractivity contribution < 1.29 is 22.3 Å². The summed E-state index contributed by atoms with van der Waals surface area (Å²) in [6, 6.07) is 22.1. The zero-order chi connectivity index (χ0) is 24.8. The third-order valence-electron chi connectivity index (χ3n) is 6.26. The summed E-state index contributed by atoms with van der Waals surface area (Å²) in [5, 5.41) is 1.41. The number of ether oxygens (including phenoxy) is 1. The Morgan fingerprint density at radius 1 is 0.657 bits per heavy atom. The van der Waals surface area contributed by atoms with E-state index in [1.54, 1.807) is 6.07 Å². The average molecular weight is 481 g/mol. The van der Waals surface area contributed by atoms with Crippen molar-refractivity contribution in [2.45, 2.75) is 52.1 Å². The standard InChI is InChI=1S/C30H28F4O/c1-2-3-20-4-6-21(7-5-20)8-9-22-11-16-26-25(18-22)15-14-24(29(26)32)13-10-23-12-17-28(27(31)19-23)35-30(33)34/h4-7,11-12,14-19,30H,2-3,8-10,13H2,1H3. The second-order valence-corrected chi connectivity index (χ2v) is 8.80. The third kappa shape index (κ3) is 6.41. The molecule has 0 spiro atoms. The van der Waals surface area contributed by atoms with Gasteiger partial charge in [0, 0.05) is 5.39 Å². The summed E-state index contributed by atoms with van der Waals surface area (Å²) in [7, 11) is 0. The van der Waals surface area contributed by atoms with Gasteiger partial charge in [0.2, 0.25) is 0 Å². The van der Waals surface area contributed by atoms with E-state index in [4.69, 9.17) is 0 Å². The van der Waals surface area contributed by atoms with Gasteiger partial charge in [-0.1, -0.05) is 74.0 Å². The number of alkyl halides is 2. The lowest BCUT2D eigenvalue weighted by Crippen LogP contribution is -2.04. The monoisotopic (exact) mass is 480 g/mol. The Morgan fingerprint density at radius 3 is 1.94 bits per heavy atom. The van der Waals surface area contributed by atoms with Crippen LogP contribution in [-0.2, 0) is 32.1 Å². The van der Waals surface area contributed by atoms with Crippen LogP contribution in [0.5, 0.6) is 5.75 Å². The normalized spacial score (nSPS) is 11.4. The smallest absolute Gasteiger partial charge is 0.387 e. The first-order chi connectivity index (χ1) is 16.9. The molecule has 0 fully saturated rings. The molecule has 1 nitrogen and oxygen atoms in total. The largest absolute Gasteiger partial charge is 0.432 e. The van der Waals surface area contributed by atoms with Crippen LogP contribution in [0.4, 0.5) is 17.6 Å². The maximum atomic E-state index is 15.2.